The van der Waals surface area contributed by atoms with Crippen LogP contribution in [0, 0.1) is 21.4 Å². The van der Waals surface area contributed by atoms with E-state index >= 15 is 0 Å². The van der Waals surface area contributed by atoms with E-state index in [-0.39, 0.29) is 23.8 Å². The molecule has 0 N–H and O–H groups in total. The lowest BCUT2D eigenvalue weighted by Gasteiger charge is -2.03. The van der Waals surface area contributed by atoms with Crippen LogP contribution in [-0.4, -0.2) is 17.3 Å². The van der Waals surface area contributed by atoms with Crippen LogP contribution in [0.2, 0.25) is 0 Å². The summed E-state index contributed by atoms with van der Waals surface area (Å²) in [4.78, 5) is 22.6. The van der Waals surface area contributed by atoms with Crippen molar-refractivity contribution in [3.8, 4) is 17.6 Å². The minimum atomic E-state index is -0.507. The first kappa shape index (κ1) is 15.2. The maximum atomic E-state index is 12.3. The lowest BCUT2D eigenvalue weighted by molar-refractivity contribution is -0.384. The molecule has 24 heavy (non-hydrogen) atoms. The number of hydrogen-bond acceptors (Lipinski definition) is 6. The molecule has 0 unspecified atom stereocenters. The van der Waals surface area contributed by atoms with Gasteiger partial charge in [-0.05, 0) is 23.8 Å². The van der Waals surface area contributed by atoms with Crippen LogP contribution in [0.1, 0.15) is 15.9 Å². The topological polar surface area (TPSA) is 102 Å². The van der Waals surface area contributed by atoms with Gasteiger partial charge in [0.2, 0.25) is 5.78 Å². The summed E-state index contributed by atoms with van der Waals surface area (Å²) in [6.45, 7) is -0.108. The fourth-order valence-electron chi connectivity index (χ4n) is 2.25. The molecule has 0 radical (unpaired) electrons. The van der Waals surface area contributed by atoms with Crippen LogP contribution in [0.3, 0.4) is 0 Å². The first-order valence-electron chi connectivity index (χ1n) is 6.91. The van der Waals surface area contributed by atoms with Gasteiger partial charge in [0.15, 0.2) is 12.4 Å². The Morgan fingerprint density at radius 1 is 1.29 bits per heavy atom. The standard InChI is InChI=1S/C17H10N2O5/c18-6-7-23-13-4-5-14-15(10-13)24-16(17(14)20)9-11-2-1-3-12(8-11)19(21)22/h1-5,8-10H,7H2/b16-9-. The molecule has 7 heteroatoms. The van der Waals surface area contributed by atoms with E-state index in [4.69, 9.17) is 14.7 Å². The minimum absolute atomic E-state index is 0.0699. The molecular weight excluding hydrogens is 312 g/mol. The summed E-state index contributed by atoms with van der Waals surface area (Å²) in [5, 5.41) is 19.3. The number of ketones is 1. The van der Waals surface area contributed by atoms with Gasteiger partial charge in [0, 0.05) is 18.2 Å². The highest BCUT2D eigenvalue weighted by Crippen LogP contribution is 2.35. The first-order chi connectivity index (χ1) is 11.6. The van der Waals surface area contributed by atoms with Gasteiger partial charge in [0.1, 0.15) is 17.6 Å². The van der Waals surface area contributed by atoms with Gasteiger partial charge in [-0.2, -0.15) is 5.26 Å². The first-order valence-corrected chi connectivity index (χ1v) is 6.91. The second-order valence-corrected chi connectivity index (χ2v) is 4.90. The van der Waals surface area contributed by atoms with E-state index < -0.39 is 4.92 Å². The average molecular weight is 322 g/mol. The van der Waals surface area contributed by atoms with E-state index in [0.717, 1.165) is 0 Å². The van der Waals surface area contributed by atoms with Crippen LogP contribution in [0.25, 0.3) is 6.08 Å². The van der Waals surface area contributed by atoms with Crippen molar-refractivity contribution in [1.82, 2.24) is 0 Å². The zero-order chi connectivity index (χ0) is 17.1. The summed E-state index contributed by atoms with van der Waals surface area (Å²) in [6.07, 6.45) is 1.45. The van der Waals surface area contributed by atoms with Gasteiger partial charge in [0.05, 0.1) is 10.5 Å². The molecule has 1 aliphatic rings. The van der Waals surface area contributed by atoms with Gasteiger partial charge >= 0.3 is 0 Å². The van der Waals surface area contributed by atoms with Crippen molar-refractivity contribution >= 4 is 17.5 Å². The quantitative estimate of drug-likeness (QED) is 0.487. The second kappa shape index (κ2) is 6.22. The van der Waals surface area contributed by atoms with Crippen molar-refractivity contribution in [3.63, 3.8) is 0 Å². The summed E-state index contributed by atoms with van der Waals surface area (Å²) in [5.41, 5.74) is 0.789. The predicted octanol–water partition coefficient (Wildman–Crippen LogP) is 3.11. The fraction of sp³-hybridized carbons (Fsp3) is 0.0588. The number of ether oxygens (including phenoxy) is 2. The lowest BCUT2D eigenvalue weighted by Crippen LogP contribution is -1.98. The van der Waals surface area contributed by atoms with Gasteiger partial charge in [-0.3, -0.25) is 14.9 Å². The normalized spacial score (nSPS) is 14.0. The molecule has 1 aliphatic heterocycles. The Morgan fingerprint density at radius 3 is 2.88 bits per heavy atom. The number of carbonyl (C=O) groups excluding carboxylic acids is 1. The van der Waals surface area contributed by atoms with Gasteiger partial charge < -0.3 is 9.47 Å². The summed E-state index contributed by atoms with van der Waals surface area (Å²) in [7, 11) is 0. The van der Waals surface area contributed by atoms with Crippen molar-refractivity contribution in [2.75, 3.05) is 6.61 Å². The summed E-state index contributed by atoms with van der Waals surface area (Å²) in [6, 6.07) is 12.4. The van der Waals surface area contributed by atoms with Gasteiger partial charge in [-0.1, -0.05) is 12.1 Å². The number of non-ortho nitro benzene ring substituents is 1. The summed E-state index contributed by atoms with van der Waals surface area (Å²) >= 11 is 0. The maximum Gasteiger partial charge on any atom is 0.270 e. The zero-order valence-corrected chi connectivity index (χ0v) is 12.3. The number of nitriles is 1. The third-order valence-corrected chi connectivity index (χ3v) is 3.32. The summed E-state index contributed by atoms with van der Waals surface area (Å²) < 4.78 is 10.7. The number of nitrogens with zero attached hydrogens (tertiary/aromatic N) is 2. The van der Waals surface area contributed by atoms with Gasteiger partial charge in [-0.15, -0.1) is 0 Å². The Labute approximate surface area is 136 Å². The number of benzene rings is 2. The maximum absolute atomic E-state index is 12.3. The van der Waals surface area contributed by atoms with E-state index in [9.17, 15) is 14.9 Å². The Kier molecular flexibility index (Phi) is 3.95. The van der Waals surface area contributed by atoms with Crippen molar-refractivity contribution < 1.29 is 19.2 Å². The van der Waals surface area contributed by atoms with Crippen LogP contribution < -0.4 is 9.47 Å². The molecule has 0 spiro atoms. The van der Waals surface area contributed by atoms with Crippen molar-refractivity contribution in [2.45, 2.75) is 0 Å². The number of Topliss-reactive ketones (excluding diaryl/α,β-unsaturated/α-hetero) is 1. The monoisotopic (exact) mass is 322 g/mol. The van der Waals surface area contributed by atoms with E-state index in [0.29, 0.717) is 22.6 Å². The number of allylic oxidation sites excluding steroid dienone is 1. The molecule has 118 valence electrons. The molecule has 3 rings (SSSR count). The van der Waals surface area contributed by atoms with E-state index in [1.807, 2.05) is 6.07 Å². The Bertz CT molecular complexity index is 911. The number of nitro groups is 1. The highest BCUT2D eigenvalue weighted by atomic mass is 16.6. The number of carbonyl (C=O) groups is 1. The molecule has 0 fully saturated rings. The van der Waals surface area contributed by atoms with Crippen LogP contribution in [-0.2, 0) is 0 Å². The molecule has 0 saturated heterocycles. The van der Waals surface area contributed by atoms with Gasteiger partial charge in [-0.25, -0.2) is 0 Å². The third kappa shape index (κ3) is 2.94. The fourth-order valence-corrected chi connectivity index (χ4v) is 2.25. The van der Waals surface area contributed by atoms with E-state index in [1.165, 1.54) is 30.3 Å². The Balaban J connectivity index is 1.89. The van der Waals surface area contributed by atoms with Crippen molar-refractivity contribution in [1.29, 1.82) is 5.26 Å². The van der Waals surface area contributed by atoms with E-state index in [1.54, 1.807) is 18.2 Å². The molecular formula is C17H10N2O5. The van der Waals surface area contributed by atoms with Gasteiger partial charge in [0.25, 0.3) is 5.69 Å². The average Bonchev–Trinajstić information content (AvgIpc) is 2.88. The Morgan fingerprint density at radius 2 is 2.12 bits per heavy atom. The van der Waals surface area contributed by atoms with E-state index in [2.05, 4.69) is 0 Å². The molecule has 7 nitrogen and oxygen atoms in total. The molecule has 0 atom stereocenters. The molecule has 0 saturated carbocycles. The number of rotatable bonds is 4. The molecule has 0 aliphatic carbocycles. The number of fused-ring (bicyclic) bond motifs is 1. The molecule has 0 bridgehead atoms. The molecule has 2 aromatic carbocycles. The Hall–Kier alpha value is -3.66. The highest BCUT2D eigenvalue weighted by molar-refractivity contribution is 6.14. The third-order valence-electron chi connectivity index (χ3n) is 3.32. The van der Waals surface area contributed by atoms with Crippen LogP contribution >= 0.6 is 0 Å². The smallest absolute Gasteiger partial charge is 0.270 e. The summed E-state index contributed by atoms with van der Waals surface area (Å²) in [5.74, 6) is 0.498. The minimum Gasteiger partial charge on any atom is -0.479 e. The number of nitro benzene ring substituents is 1. The SMILES string of the molecule is N#CCOc1ccc2c(c1)O/C(=C\c1cccc([N+](=O)[O-])c1)C2=O. The molecule has 2 aromatic rings. The van der Waals surface area contributed by atoms with Crippen LogP contribution in [0.4, 0.5) is 5.69 Å². The molecule has 1 heterocycles. The lowest BCUT2D eigenvalue weighted by atomic mass is 10.1. The highest BCUT2D eigenvalue weighted by Gasteiger charge is 2.27. The number of hydrogen-bond donors (Lipinski definition) is 0. The van der Waals surface area contributed by atoms with Crippen molar-refractivity contribution in [2.24, 2.45) is 0 Å². The predicted molar refractivity (Wildman–Crippen MR) is 83.6 cm³/mol. The zero-order valence-electron chi connectivity index (χ0n) is 12.3. The van der Waals surface area contributed by atoms with Crippen molar-refractivity contribution in [3.05, 3.63) is 69.5 Å². The molecule has 0 aromatic heterocycles. The largest absolute Gasteiger partial charge is 0.479 e. The van der Waals surface area contributed by atoms with Crippen LogP contribution in [0.15, 0.2) is 48.2 Å². The molecule has 0 amide bonds. The van der Waals surface area contributed by atoms with Crippen LogP contribution in [0.5, 0.6) is 11.5 Å². The second-order valence-electron chi connectivity index (χ2n) is 4.90.